The lowest BCUT2D eigenvalue weighted by molar-refractivity contribution is -0.161. The Morgan fingerprint density at radius 1 is 0.271 bits per heavy atom. The molecule has 16 nitrogen and oxygen atoms in total. The number of aliphatic hydroxyl groups excluding tert-OH is 2. The Morgan fingerprint density at radius 3 is 0.813 bits per heavy atom. The highest BCUT2D eigenvalue weighted by Crippen LogP contribution is 2.45. The van der Waals surface area contributed by atoms with Crippen molar-refractivity contribution < 1.29 is 75.8 Å². The molecule has 0 radical (unpaired) electrons. The van der Waals surface area contributed by atoms with Crippen LogP contribution in [0.2, 0.25) is 0 Å². The van der Waals surface area contributed by atoms with E-state index in [0.29, 0.717) is 25.7 Å². The Balaban J connectivity index is 4.61. The molecule has 0 aromatic rings. The minimum atomic E-state index is -4.96. The predicted octanol–water partition coefficient (Wildman–Crippen LogP) is 24.8. The van der Waals surface area contributed by atoms with Crippen LogP contribution in [0.25, 0.3) is 0 Å². The molecule has 107 heavy (non-hydrogen) atoms. The molecule has 5 atom stereocenters. The summed E-state index contributed by atoms with van der Waals surface area (Å²) in [6.07, 6.45) is 103. The maximum atomic E-state index is 13.0. The lowest BCUT2D eigenvalue weighted by Crippen LogP contribution is -2.30. The van der Waals surface area contributed by atoms with Gasteiger partial charge < -0.3 is 34.2 Å². The van der Waals surface area contributed by atoms with Crippen LogP contribution in [-0.4, -0.2) is 95.9 Å². The van der Waals surface area contributed by atoms with Gasteiger partial charge in [0.1, 0.15) is 25.4 Å². The van der Waals surface area contributed by atoms with Gasteiger partial charge in [0.2, 0.25) is 0 Å². The molecule has 0 rings (SSSR count). The van der Waals surface area contributed by atoms with Crippen molar-refractivity contribution in [2.75, 3.05) is 39.6 Å². The fourth-order valence-electron chi connectivity index (χ4n) is 10.7. The Labute approximate surface area is 650 Å². The molecule has 0 aromatic heterocycles. The zero-order valence-electron chi connectivity index (χ0n) is 66.7. The summed E-state index contributed by atoms with van der Waals surface area (Å²) in [7, 11) is -9.83. The minimum Gasteiger partial charge on any atom is -0.463 e. The van der Waals surface area contributed by atoms with Crippen LogP contribution in [0.5, 0.6) is 0 Å². The van der Waals surface area contributed by atoms with Gasteiger partial charge in [0.05, 0.1) is 26.4 Å². The Morgan fingerprint density at radius 2 is 0.505 bits per heavy atom. The van der Waals surface area contributed by atoms with E-state index in [9.17, 15) is 43.5 Å². The summed E-state index contributed by atoms with van der Waals surface area (Å²) in [5.74, 6) is -1.66. The number of hydrogen-bond donors (Lipinski definition) is 4. The van der Waals surface area contributed by atoms with Crippen molar-refractivity contribution in [3.63, 3.8) is 0 Å². The van der Waals surface area contributed by atoms with Crippen molar-refractivity contribution in [2.24, 2.45) is 0 Å². The molecule has 0 aliphatic heterocycles. The molecule has 0 fully saturated rings. The van der Waals surface area contributed by atoms with Gasteiger partial charge in [0.15, 0.2) is 6.10 Å². The second-order valence-electron chi connectivity index (χ2n) is 27.2. The van der Waals surface area contributed by atoms with Crippen LogP contribution in [0.4, 0.5) is 0 Å². The number of phosphoric ester groups is 2. The smallest absolute Gasteiger partial charge is 0.463 e. The van der Waals surface area contributed by atoms with Crippen LogP contribution in [-0.2, 0) is 55.8 Å². The first kappa shape index (κ1) is 102. The molecule has 610 valence electrons. The third kappa shape index (κ3) is 81.7. The summed E-state index contributed by atoms with van der Waals surface area (Å²) in [6, 6.07) is 0. The second kappa shape index (κ2) is 80.4. The van der Waals surface area contributed by atoms with E-state index in [1.807, 2.05) is 12.2 Å². The molecule has 0 spiro atoms. The molecule has 0 saturated heterocycles. The van der Waals surface area contributed by atoms with Gasteiger partial charge in [0, 0.05) is 19.3 Å². The van der Waals surface area contributed by atoms with Gasteiger partial charge in [-0.15, -0.1) is 0 Å². The van der Waals surface area contributed by atoms with Crippen LogP contribution in [0.15, 0.2) is 170 Å². The molecule has 0 amide bonds. The van der Waals surface area contributed by atoms with E-state index >= 15 is 0 Å². The number of hydrogen-bond acceptors (Lipinski definition) is 14. The lowest BCUT2D eigenvalue weighted by Gasteiger charge is -2.21. The van der Waals surface area contributed by atoms with Crippen LogP contribution in [0, 0.1) is 0 Å². The average Bonchev–Trinajstić information content (AvgIpc) is 0.927. The van der Waals surface area contributed by atoms with Crippen LogP contribution in [0.1, 0.15) is 316 Å². The number of carbonyl (C=O) groups excluding carboxylic acids is 3. The number of aliphatic hydroxyl groups is 2. The predicted molar refractivity (Wildman–Crippen MR) is 445 cm³/mol. The molecular weight excluding hydrogens is 1390 g/mol. The fraction of sp³-hybridized carbons (Fsp3) is 0.652. The SMILES string of the molecule is CC/C=C\C/C=C\C/C=C\C/C=C\C/C=C\CCCCCCCCCCCC(=O)OCC(COP(=O)(O)OCC(O)COP(=O)(O)OCC(O)COC(=O)CCCCCCCCCCCCCCC/C=C\C/C=C\C/C=C\C/C=C\CCCCC)OC(=O)CCC/C=C\C/C=C\C/C=C\C/C=C\C/C=C\CC. The van der Waals surface area contributed by atoms with E-state index in [1.54, 1.807) is 0 Å². The molecule has 5 unspecified atom stereocenters. The zero-order valence-corrected chi connectivity index (χ0v) is 68.5. The van der Waals surface area contributed by atoms with Crippen LogP contribution >= 0.6 is 15.6 Å². The average molecular weight is 1540 g/mol. The first-order valence-corrected chi connectivity index (χ1v) is 44.4. The molecule has 0 aromatic carbocycles. The van der Waals surface area contributed by atoms with Crippen LogP contribution < -0.4 is 0 Å². The largest absolute Gasteiger partial charge is 0.472 e. The highest BCUT2D eigenvalue weighted by Gasteiger charge is 2.29. The van der Waals surface area contributed by atoms with Gasteiger partial charge in [-0.3, -0.25) is 32.5 Å². The van der Waals surface area contributed by atoms with E-state index in [-0.39, 0.29) is 19.3 Å². The van der Waals surface area contributed by atoms with Crippen LogP contribution in [0.3, 0.4) is 0 Å². The van der Waals surface area contributed by atoms with E-state index in [1.165, 1.54) is 109 Å². The van der Waals surface area contributed by atoms with E-state index in [2.05, 4.69) is 179 Å². The number of phosphoric acid groups is 2. The van der Waals surface area contributed by atoms with Crippen molar-refractivity contribution >= 4 is 33.6 Å². The van der Waals surface area contributed by atoms with Gasteiger partial charge in [-0.05, 0) is 148 Å². The number of allylic oxidation sites excluding steroid dienone is 28. The summed E-state index contributed by atoms with van der Waals surface area (Å²) >= 11 is 0. The lowest BCUT2D eigenvalue weighted by atomic mass is 10.0. The number of ether oxygens (including phenoxy) is 3. The van der Waals surface area contributed by atoms with E-state index in [4.69, 9.17) is 32.3 Å². The minimum absolute atomic E-state index is 0.0192. The highest BCUT2D eigenvalue weighted by molar-refractivity contribution is 7.47. The van der Waals surface area contributed by atoms with Crippen molar-refractivity contribution in [2.45, 2.75) is 334 Å². The van der Waals surface area contributed by atoms with Crippen molar-refractivity contribution in [3.8, 4) is 0 Å². The molecular formula is C89H148O16P2. The molecule has 0 aliphatic carbocycles. The molecule has 4 N–H and O–H groups in total. The standard InChI is InChI=1S/C89H148O16P2/c1-4-7-10-13-16-19-22-25-28-31-33-35-37-39-40-41-42-44-46-47-49-52-54-57-60-63-66-69-72-75-87(92)99-78-84(90)79-101-106(95,96)102-80-85(91)81-103-107(97,98)104-83-86(105-89(94)77-74-71-68-65-62-59-56-51-30-27-24-21-18-15-12-9-6-3)82-100-88(93)76-73-70-67-64-61-58-55-53-50-48-45-43-38-36-34-32-29-26-23-20-17-14-11-8-5-2/h8-9,11-12,16-21,25-30,33-36,39-40,43,45,56,59,65,68,84-86,90-91H,4-7,10,13-15,22-24,31-32,37-38,41-42,44,46-55,57-58,60-64,66-67,69-83H2,1-3H3,(H,95,96)(H,97,98)/b11-8-,12-9-,19-16-,20-17-,21-18-,28-25-,29-26-,30-27-,35-33-,36-34-,40-39-,45-43-,59-56-,68-65-. The number of carbonyl (C=O) groups is 3. The maximum absolute atomic E-state index is 13.0. The maximum Gasteiger partial charge on any atom is 0.472 e. The fourth-order valence-corrected chi connectivity index (χ4v) is 12.3. The summed E-state index contributed by atoms with van der Waals surface area (Å²) in [5.41, 5.74) is 0. The quantitative estimate of drug-likeness (QED) is 0.0146. The molecule has 0 aliphatic rings. The van der Waals surface area contributed by atoms with E-state index in [0.717, 1.165) is 141 Å². The molecule has 0 saturated carbocycles. The van der Waals surface area contributed by atoms with Gasteiger partial charge >= 0.3 is 33.6 Å². The number of esters is 3. The zero-order chi connectivity index (χ0) is 78.0. The van der Waals surface area contributed by atoms with E-state index < -0.39 is 91.5 Å². The summed E-state index contributed by atoms with van der Waals surface area (Å²) in [4.78, 5) is 58.7. The third-order valence-corrected chi connectivity index (χ3v) is 18.8. The summed E-state index contributed by atoms with van der Waals surface area (Å²) in [5, 5.41) is 20.7. The monoisotopic (exact) mass is 1540 g/mol. The Hall–Kier alpha value is -5.09. The highest BCUT2D eigenvalue weighted by atomic mass is 31.2. The third-order valence-electron chi connectivity index (χ3n) is 16.9. The Bertz CT molecular complexity index is 2620. The van der Waals surface area contributed by atoms with Gasteiger partial charge in [-0.2, -0.15) is 0 Å². The number of rotatable bonds is 77. The summed E-state index contributed by atoms with van der Waals surface area (Å²) in [6.45, 7) is 2.35. The van der Waals surface area contributed by atoms with Crippen molar-refractivity contribution in [1.29, 1.82) is 0 Å². The number of unbranched alkanes of at least 4 members (excludes halogenated alkanes) is 26. The second-order valence-corrected chi connectivity index (χ2v) is 30.1. The molecule has 0 heterocycles. The van der Waals surface area contributed by atoms with Gasteiger partial charge in [-0.25, -0.2) is 9.13 Å². The topological polar surface area (TPSA) is 231 Å². The van der Waals surface area contributed by atoms with Crippen molar-refractivity contribution in [3.05, 3.63) is 170 Å². The Kier molecular flexibility index (Phi) is 76.6. The first-order chi connectivity index (χ1) is 52.2. The van der Waals surface area contributed by atoms with Gasteiger partial charge in [-0.1, -0.05) is 319 Å². The summed E-state index contributed by atoms with van der Waals surface area (Å²) < 4.78 is 61.2. The van der Waals surface area contributed by atoms with Crippen molar-refractivity contribution in [1.82, 2.24) is 0 Å². The first-order valence-electron chi connectivity index (χ1n) is 41.4. The normalized spacial score (nSPS) is 14.8. The molecule has 0 bridgehead atoms. The molecule has 18 heteroatoms. The van der Waals surface area contributed by atoms with Gasteiger partial charge in [0.25, 0.3) is 0 Å².